The van der Waals surface area contributed by atoms with Gasteiger partial charge in [-0.2, -0.15) is 8.78 Å². The third-order valence-electron chi connectivity index (χ3n) is 1.12. The highest BCUT2D eigenvalue weighted by Gasteiger charge is 1.96. The van der Waals surface area contributed by atoms with Gasteiger partial charge in [-0.25, -0.2) is 0 Å². The zero-order valence-corrected chi connectivity index (χ0v) is 5.58. The van der Waals surface area contributed by atoms with Crippen molar-refractivity contribution >= 4 is 0 Å². The Hall–Kier alpha value is -0.400. The summed E-state index contributed by atoms with van der Waals surface area (Å²) in [6.07, 6.45) is 0.419. The molecular formula is C7H11F2. The summed E-state index contributed by atoms with van der Waals surface area (Å²) < 4.78 is 23.2. The van der Waals surface area contributed by atoms with E-state index in [0.29, 0.717) is 6.42 Å². The second kappa shape index (κ2) is 4.48. The van der Waals surface area contributed by atoms with Gasteiger partial charge in [-0.3, -0.25) is 0 Å². The van der Waals surface area contributed by atoms with E-state index in [1.54, 1.807) is 0 Å². The number of hydrogen-bond acceptors (Lipinski definition) is 0. The van der Waals surface area contributed by atoms with Crippen LogP contribution in [0.15, 0.2) is 11.7 Å². The summed E-state index contributed by atoms with van der Waals surface area (Å²) in [5.41, 5.74) is 0.193. The molecule has 0 nitrogen and oxygen atoms in total. The van der Waals surface area contributed by atoms with Gasteiger partial charge in [0.1, 0.15) is 0 Å². The Labute approximate surface area is 54.6 Å². The highest BCUT2D eigenvalue weighted by Crippen LogP contribution is 2.13. The van der Waals surface area contributed by atoms with Crippen molar-refractivity contribution in [2.45, 2.75) is 26.2 Å². The fourth-order valence-electron chi connectivity index (χ4n) is 0.485. The predicted molar refractivity (Wildman–Crippen MR) is 34.1 cm³/mol. The minimum Gasteiger partial charge on any atom is -0.173 e. The third-order valence-corrected chi connectivity index (χ3v) is 1.12. The average Bonchev–Trinajstić information content (AvgIpc) is 1.82. The normalized spacial score (nSPS) is 9.33. The summed E-state index contributed by atoms with van der Waals surface area (Å²) in [7, 11) is 0. The standard InChI is InChI=1S/C7H11F2/c1-3-4-5-6(2)7(8)9/h1,3-5H2,2H3. The molecule has 1 radical (unpaired) electrons. The molecule has 0 aliphatic rings. The summed E-state index contributed by atoms with van der Waals surface area (Å²) in [6.45, 7) is 5.00. The van der Waals surface area contributed by atoms with E-state index in [4.69, 9.17) is 0 Å². The Bertz CT molecular complexity index is 101. The van der Waals surface area contributed by atoms with Crippen molar-refractivity contribution in [2.24, 2.45) is 0 Å². The highest BCUT2D eigenvalue weighted by molar-refractivity contribution is 4.97. The Balaban J connectivity index is 3.50. The van der Waals surface area contributed by atoms with E-state index in [0.717, 1.165) is 12.8 Å². The summed E-state index contributed by atoms with van der Waals surface area (Å²) in [6, 6.07) is 0. The first-order valence-electron chi connectivity index (χ1n) is 2.98. The zero-order chi connectivity index (χ0) is 7.28. The molecule has 9 heavy (non-hydrogen) atoms. The minimum absolute atomic E-state index is 0.193. The van der Waals surface area contributed by atoms with Gasteiger partial charge in [0.05, 0.1) is 0 Å². The van der Waals surface area contributed by atoms with Crippen LogP contribution in [0.4, 0.5) is 8.78 Å². The van der Waals surface area contributed by atoms with Crippen LogP contribution in [-0.2, 0) is 0 Å². The highest BCUT2D eigenvalue weighted by atomic mass is 19.3. The van der Waals surface area contributed by atoms with Crippen molar-refractivity contribution in [2.75, 3.05) is 0 Å². The summed E-state index contributed by atoms with van der Waals surface area (Å²) in [5.74, 6) is 0. The van der Waals surface area contributed by atoms with Crippen molar-refractivity contribution in [3.63, 3.8) is 0 Å². The van der Waals surface area contributed by atoms with E-state index in [1.165, 1.54) is 6.92 Å². The van der Waals surface area contributed by atoms with E-state index >= 15 is 0 Å². The summed E-state index contributed by atoms with van der Waals surface area (Å²) in [4.78, 5) is 0. The first kappa shape index (κ1) is 8.60. The SMILES string of the molecule is [CH2]CCCC(C)=C(F)F. The van der Waals surface area contributed by atoms with Crippen LogP contribution in [0, 0.1) is 6.92 Å². The first-order chi connectivity index (χ1) is 4.18. The molecule has 2 heteroatoms. The maximum absolute atomic E-state index is 11.6. The molecule has 0 saturated heterocycles. The Kier molecular flexibility index (Phi) is 4.28. The van der Waals surface area contributed by atoms with E-state index in [2.05, 4.69) is 6.92 Å². The van der Waals surface area contributed by atoms with Gasteiger partial charge in [-0.1, -0.05) is 13.3 Å². The fraction of sp³-hybridized carbons (Fsp3) is 0.571. The van der Waals surface area contributed by atoms with E-state index < -0.39 is 6.08 Å². The van der Waals surface area contributed by atoms with Crippen LogP contribution in [0.2, 0.25) is 0 Å². The van der Waals surface area contributed by atoms with Gasteiger partial charge in [-0.15, -0.1) is 0 Å². The quantitative estimate of drug-likeness (QED) is 0.554. The van der Waals surface area contributed by atoms with Crippen molar-refractivity contribution in [3.05, 3.63) is 18.6 Å². The van der Waals surface area contributed by atoms with Crippen LogP contribution in [-0.4, -0.2) is 0 Å². The largest absolute Gasteiger partial charge is 0.269 e. The molecule has 0 bridgehead atoms. The maximum atomic E-state index is 11.6. The van der Waals surface area contributed by atoms with Crippen LogP contribution in [0.1, 0.15) is 26.2 Å². The molecule has 0 aliphatic carbocycles. The number of halogens is 2. The van der Waals surface area contributed by atoms with Crippen molar-refractivity contribution in [1.82, 2.24) is 0 Å². The molecule has 0 amide bonds. The van der Waals surface area contributed by atoms with Crippen molar-refractivity contribution in [3.8, 4) is 0 Å². The smallest absolute Gasteiger partial charge is 0.173 e. The molecule has 0 spiro atoms. The monoisotopic (exact) mass is 133 g/mol. The number of allylic oxidation sites excluding steroid dienone is 1. The molecule has 0 heterocycles. The fourth-order valence-corrected chi connectivity index (χ4v) is 0.485. The second-order valence-corrected chi connectivity index (χ2v) is 2.00. The van der Waals surface area contributed by atoms with E-state index in [1.807, 2.05) is 0 Å². The van der Waals surface area contributed by atoms with Crippen molar-refractivity contribution in [1.29, 1.82) is 0 Å². The molecule has 0 rings (SSSR count). The first-order valence-corrected chi connectivity index (χ1v) is 2.98. The van der Waals surface area contributed by atoms with Crippen LogP contribution >= 0.6 is 0 Å². The van der Waals surface area contributed by atoms with E-state index in [9.17, 15) is 8.78 Å². The molecule has 0 unspecified atom stereocenters. The van der Waals surface area contributed by atoms with Crippen LogP contribution < -0.4 is 0 Å². The van der Waals surface area contributed by atoms with Crippen LogP contribution in [0.25, 0.3) is 0 Å². The lowest BCUT2D eigenvalue weighted by atomic mass is 10.1. The lowest BCUT2D eigenvalue weighted by Crippen LogP contribution is -1.78. The summed E-state index contributed by atoms with van der Waals surface area (Å²) >= 11 is 0. The molecule has 0 aliphatic heterocycles. The van der Waals surface area contributed by atoms with Gasteiger partial charge in [0.25, 0.3) is 6.08 Å². The Morgan fingerprint density at radius 3 is 2.33 bits per heavy atom. The van der Waals surface area contributed by atoms with Gasteiger partial charge in [0.15, 0.2) is 0 Å². The minimum atomic E-state index is -1.54. The molecular weight excluding hydrogens is 122 g/mol. The van der Waals surface area contributed by atoms with Gasteiger partial charge in [0, 0.05) is 0 Å². The Morgan fingerprint density at radius 2 is 2.00 bits per heavy atom. The van der Waals surface area contributed by atoms with Gasteiger partial charge in [0.2, 0.25) is 0 Å². The second-order valence-electron chi connectivity index (χ2n) is 2.00. The zero-order valence-electron chi connectivity index (χ0n) is 5.58. The summed E-state index contributed by atoms with van der Waals surface area (Å²) in [5, 5.41) is 0. The number of unbranched alkanes of at least 4 members (excludes halogenated alkanes) is 1. The molecule has 53 valence electrons. The topological polar surface area (TPSA) is 0 Å². The average molecular weight is 133 g/mol. The Morgan fingerprint density at radius 1 is 1.44 bits per heavy atom. The van der Waals surface area contributed by atoms with Crippen molar-refractivity contribution < 1.29 is 8.78 Å². The van der Waals surface area contributed by atoms with Crippen LogP contribution in [0.3, 0.4) is 0 Å². The number of rotatable bonds is 3. The molecule has 0 aromatic heterocycles. The predicted octanol–water partition coefficient (Wildman–Crippen LogP) is 3.16. The van der Waals surface area contributed by atoms with E-state index in [-0.39, 0.29) is 5.57 Å². The number of hydrogen-bond donors (Lipinski definition) is 0. The lowest BCUT2D eigenvalue weighted by molar-refractivity contribution is 0.407. The molecule has 0 atom stereocenters. The molecule has 0 fully saturated rings. The van der Waals surface area contributed by atoms with Crippen LogP contribution in [0.5, 0.6) is 0 Å². The molecule has 0 aromatic rings. The molecule has 0 N–H and O–H groups in total. The van der Waals surface area contributed by atoms with Gasteiger partial charge >= 0.3 is 0 Å². The lowest BCUT2D eigenvalue weighted by Gasteiger charge is -1.94. The van der Waals surface area contributed by atoms with Gasteiger partial charge < -0.3 is 0 Å². The maximum Gasteiger partial charge on any atom is 0.269 e. The van der Waals surface area contributed by atoms with Gasteiger partial charge in [-0.05, 0) is 25.3 Å². The molecule has 0 aromatic carbocycles. The third kappa shape index (κ3) is 4.13. The molecule has 0 saturated carbocycles.